The highest BCUT2D eigenvalue weighted by Gasteiger charge is 2.17. The van der Waals surface area contributed by atoms with Crippen LogP contribution in [0.3, 0.4) is 0 Å². The molecule has 26 heavy (non-hydrogen) atoms. The molecule has 8 nitrogen and oxygen atoms in total. The fourth-order valence-electron chi connectivity index (χ4n) is 2.25. The lowest BCUT2D eigenvalue weighted by Crippen LogP contribution is -2.13. The second kappa shape index (κ2) is 7.83. The normalized spacial score (nSPS) is 10.7. The molecule has 0 aliphatic rings. The van der Waals surface area contributed by atoms with Gasteiger partial charge in [0.2, 0.25) is 5.69 Å². The number of halogens is 2. The lowest BCUT2D eigenvalue weighted by molar-refractivity contribution is -0.389. The molecule has 2 aromatic heterocycles. The molecular weight excluding hydrogens is 474 g/mol. The van der Waals surface area contributed by atoms with Gasteiger partial charge in [-0.15, -0.1) is 0 Å². The summed E-state index contributed by atoms with van der Waals surface area (Å²) in [6, 6.07) is 8.07. The highest BCUT2D eigenvalue weighted by molar-refractivity contribution is 9.11. The molecule has 0 saturated carbocycles. The number of pyridine rings is 1. The van der Waals surface area contributed by atoms with Gasteiger partial charge in [-0.1, -0.05) is 22.0 Å². The van der Waals surface area contributed by atoms with E-state index in [0.717, 1.165) is 9.86 Å². The standard InChI is InChI=1S/C16H11Br2N3O5/c17-10-8-11(18)15(14-9(10)2-1-5-19-14)25-6-7-26-16(22)12-3-4-13(20-12)21(23)24/h1-5,8,20H,6-7H2. The number of H-pyrrole nitrogens is 1. The lowest BCUT2D eigenvalue weighted by atomic mass is 10.2. The van der Waals surface area contributed by atoms with Crippen LogP contribution in [-0.4, -0.2) is 34.1 Å². The van der Waals surface area contributed by atoms with E-state index in [4.69, 9.17) is 9.47 Å². The molecule has 1 N–H and O–H groups in total. The molecule has 0 aliphatic heterocycles. The van der Waals surface area contributed by atoms with Gasteiger partial charge in [0.15, 0.2) is 5.75 Å². The van der Waals surface area contributed by atoms with Gasteiger partial charge in [0.05, 0.1) is 4.47 Å². The van der Waals surface area contributed by atoms with Crippen LogP contribution in [0.2, 0.25) is 0 Å². The summed E-state index contributed by atoms with van der Waals surface area (Å²) in [6.07, 6.45) is 1.66. The Morgan fingerprint density at radius 2 is 2.04 bits per heavy atom. The fraction of sp³-hybridized carbons (Fsp3) is 0.125. The number of nitro groups is 1. The van der Waals surface area contributed by atoms with Crippen molar-refractivity contribution in [1.82, 2.24) is 9.97 Å². The quantitative estimate of drug-likeness (QED) is 0.243. The number of nitrogens with zero attached hydrogens (tertiary/aromatic N) is 2. The van der Waals surface area contributed by atoms with Gasteiger partial charge < -0.3 is 19.6 Å². The van der Waals surface area contributed by atoms with Crippen LogP contribution in [0.15, 0.2) is 45.5 Å². The van der Waals surface area contributed by atoms with Gasteiger partial charge in [0.25, 0.3) is 0 Å². The maximum Gasteiger partial charge on any atom is 0.378 e. The Morgan fingerprint density at radius 3 is 2.77 bits per heavy atom. The number of aromatic amines is 1. The van der Waals surface area contributed by atoms with Crippen molar-refractivity contribution < 1.29 is 19.2 Å². The third kappa shape index (κ3) is 3.86. The molecule has 0 spiro atoms. The van der Waals surface area contributed by atoms with Gasteiger partial charge in [-0.2, -0.15) is 0 Å². The molecule has 2 heterocycles. The molecule has 0 unspecified atom stereocenters. The Bertz CT molecular complexity index is 989. The van der Waals surface area contributed by atoms with Gasteiger partial charge in [-0.3, -0.25) is 4.98 Å². The Labute approximate surface area is 163 Å². The Kier molecular flexibility index (Phi) is 5.52. The van der Waals surface area contributed by atoms with E-state index in [2.05, 4.69) is 41.8 Å². The first-order valence-electron chi connectivity index (χ1n) is 7.33. The zero-order valence-corrected chi connectivity index (χ0v) is 16.2. The molecule has 0 aliphatic carbocycles. The molecule has 3 rings (SSSR count). The van der Waals surface area contributed by atoms with Gasteiger partial charge in [-0.25, -0.2) is 9.78 Å². The molecule has 134 valence electrons. The summed E-state index contributed by atoms with van der Waals surface area (Å²) in [6.45, 7) is 0.0724. The van der Waals surface area contributed by atoms with E-state index >= 15 is 0 Å². The van der Waals surface area contributed by atoms with E-state index in [9.17, 15) is 14.9 Å². The van der Waals surface area contributed by atoms with Crippen LogP contribution < -0.4 is 4.74 Å². The molecule has 0 amide bonds. The van der Waals surface area contributed by atoms with Crippen LogP contribution in [0.5, 0.6) is 5.75 Å². The number of ether oxygens (including phenoxy) is 2. The molecule has 0 saturated heterocycles. The van der Waals surface area contributed by atoms with Crippen LogP contribution >= 0.6 is 31.9 Å². The van der Waals surface area contributed by atoms with E-state index in [0.29, 0.717) is 15.7 Å². The number of esters is 1. The van der Waals surface area contributed by atoms with Crippen LogP contribution in [0.4, 0.5) is 5.82 Å². The highest BCUT2D eigenvalue weighted by atomic mass is 79.9. The number of hydrogen-bond donors (Lipinski definition) is 1. The average molecular weight is 485 g/mol. The predicted molar refractivity (Wildman–Crippen MR) is 100 cm³/mol. The van der Waals surface area contributed by atoms with Gasteiger partial charge in [0.1, 0.15) is 18.7 Å². The lowest BCUT2D eigenvalue weighted by Gasteiger charge is -2.12. The first-order chi connectivity index (χ1) is 12.5. The van der Waals surface area contributed by atoms with E-state index < -0.39 is 10.9 Å². The summed E-state index contributed by atoms with van der Waals surface area (Å²) < 4.78 is 12.3. The second-order valence-electron chi connectivity index (χ2n) is 5.07. The van der Waals surface area contributed by atoms with Crippen LogP contribution in [0, 0.1) is 10.1 Å². The minimum Gasteiger partial charge on any atom is -0.487 e. The molecule has 0 radical (unpaired) electrons. The summed E-state index contributed by atoms with van der Waals surface area (Å²) in [5, 5.41) is 11.5. The summed E-state index contributed by atoms with van der Waals surface area (Å²) in [5.74, 6) is -0.431. The van der Waals surface area contributed by atoms with Crippen molar-refractivity contribution in [3.05, 3.63) is 61.3 Å². The second-order valence-corrected chi connectivity index (χ2v) is 6.78. The number of benzene rings is 1. The maximum absolute atomic E-state index is 11.9. The average Bonchev–Trinajstić information content (AvgIpc) is 3.11. The van der Waals surface area contributed by atoms with Crippen LogP contribution in [-0.2, 0) is 4.74 Å². The molecule has 3 aromatic rings. The number of hydrogen-bond acceptors (Lipinski definition) is 6. The van der Waals surface area contributed by atoms with Crippen molar-refractivity contribution >= 4 is 54.5 Å². The number of nitrogens with one attached hydrogen (secondary N) is 1. The number of fused-ring (bicyclic) bond motifs is 1. The maximum atomic E-state index is 11.9. The van der Waals surface area contributed by atoms with Crippen LogP contribution in [0.1, 0.15) is 10.5 Å². The molecule has 0 fully saturated rings. The first-order valence-corrected chi connectivity index (χ1v) is 8.92. The highest BCUT2D eigenvalue weighted by Crippen LogP contribution is 2.37. The molecule has 0 bridgehead atoms. The Balaban J connectivity index is 1.62. The van der Waals surface area contributed by atoms with Crippen molar-refractivity contribution in [3.8, 4) is 5.75 Å². The smallest absolute Gasteiger partial charge is 0.378 e. The zero-order valence-electron chi connectivity index (χ0n) is 13.1. The van der Waals surface area contributed by atoms with Crippen molar-refractivity contribution in [2.75, 3.05) is 13.2 Å². The number of aromatic nitrogens is 2. The van der Waals surface area contributed by atoms with Gasteiger partial charge in [0, 0.05) is 28.2 Å². The van der Waals surface area contributed by atoms with Crippen molar-refractivity contribution in [2.45, 2.75) is 0 Å². The van der Waals surface area contributed by atoms with Gasteiger partial charge >= 0.3 is 11.8 Å². The van der Waals surface area contributed by atoms with Crippen molar-refractivity contribution in [1.29, 1.82) is 0 Å². The number of rotatable bonds is 6. The summed E-state index contributed by atoms with van der Waals surface area (Å²) in [5.41, 5.74) is 0.675. The fourth-order valence-corrected chi connectivity index (χ4v) is 3.64. The first kappa shape index (κ1) is 18.3. The van der Waals surface area contributed by atoms with Crippen LogP contribution in [0.25, 0.3) is 10.9 Å². The minimum atomic E-state index is -0.695. The SMILES string of the molecule is O=C(OCCOc1c(Br)cc(Br)c2cccnc12)c1ccc([N+](=O)[O-])[nH]1. The Hall–Kier alpha value is -2.46. The summed E-state index contributed by atoms with van der Waals surface area (Å²) in [4.78, 5) is 28.5. The Morgan fingerprint density at radius 1 is 1.23 bits per heavy atom. The number of carbonyl (C=O) groups excluding carboxylic acids is 1. The minimum absolute atomic E-state index is 0.00800. The molecular formula is C16H11Br2N3O5. The molecule has 0 atom stereocenters. The summed E-state index contributed by atoms with van der Waals surface area (Å²) >= 11 is 6.91. The topological polar surface area (TPSA) is 107 Å². The molecule has 1 aromatic carbocycles. The van der Waals surface area contributed by atoms with Crippen molar-refractivity contribution in [3.63, 3.8) is 0 Å². The molecule has 10 heteroatoms. The third-order valence-electron chi connectivity index (χ3n) is 3.40. The number of carbonyl (C=O) groups is 1. The summed E-state index contributed by atoms with van der Waals surface area (Å²) in [7, 11) is 0. The zero-order chi connectivity index (χ0) is 18.7. The van der Waals surface area contributed by atoms with E-state index in [1.165, 1.54) is 12.1 Å². The van der Waals surface area contributed by atoms with E-state index in [1.54, 1.807) is 6.20 Å². The van der Waals surface area contributed by atoms with E-state index in [1.807, 2.05) is 18.2 Å². The van der Waals surface area contributed by atoms with E-state index in [-0.39, 0.29) is 24.7 Å². The third-order valence-corrected chi connectivity index (χ3v) is 4.65. The monoisotopic (exact) mass is 483 g/mol. The van der Waals surface area contributed by atoms with Crippen molar-refractivity contribution in [2.24, 2.45) is 0 Å². The predicted octanol–water partition coefficient (Wildman–Crippen LogP) is 4.23. The largest absolute Gasteiger partial charge is 0.487 e. The van der Waals surface area contributed by atoms with Gasteiger partial charge in [-0.05, 0) is 33.0 Å².